The van der Waals surface area contributed by atoms with Crippen LogP contribution in [0.1, 0.15) is 37.6 Å². The Hall–Kier alpha value is -0.940. The van der Waals surface area contributed by atoms with E-state index in [0.717, 1.165) is 26.1 Å². The summed E-state index contributed by atoms with van der Waals surface area (Å²) in [5.74, 6) is 0.707. The Morgan fingerprint density at radius 3 is 2.71 bits per heavy atom. The van der Waals surface area contributed by atoms with Gasteiger partial charge in [0.1, 0.15) is 11.0 Å². The number of amides is 1. The first-order chi connectivity index (χ1) is 9.99. The van der Waals surface area contributed by atoms with Crippen LogP contribution >= 0.6 is 23.4 Å². The molecule has 0 spiro atoms. The lowest BCUT2D eigenvalue weighted by atomic mass is 10.2. The van der Waals surface area contributed by atoms with E-state index in [1.165, 1.54) is 0 Å². The van der Waals surface area contributed by atoms with E-state index in [1.54, 1.807) is 12.1 Å². The molecule has 2 atom stereocenters. The first kappa shape index (κ1) is 16.4. The molecule has 1 saturated heterocycles. The van der Waals surface area contributed by atoms with Crippen LogP contribution in [0.5, 0.6) is 0 Å². The predicted molar refractivity (Wildman–Crippen MR) is 90.4 cm³/mol. The topological polar surface area (TPSA) is 45.2 Å². The molecule has 1 aliphatic rings. The number of nitrogens with one attached hydrogen (secondary N) is 1. The number of carbonyl (C=O) groups is 1. The minimum atomic E-state index is 0.0397. The van der Waals surface area contributed by atoms with Crippen molar-refractivity contribution in [2.24, 2.45) is 0 Å². The molecule has 0 aliphatic carbocycles. The number of halogens is 1. The molecule has 0 bridgehead atoms. The molecular formula is C15H22ClN3OS. The molecule has 0 radical (unpaired) electrons. The van der Waals surface area contributed by atoms with Gasteiger partial charge in [0.05, 0.1) is 0 Å². The predicted octanol–water partition coefficient (Wildman–Crippen LogP) is 3.52. The van der Waals surface area contributed by atoms with Crippen molar-refractivity contribution >= 4 is 35.1 Å². The molecule has 6 heteroatoms. The van der Waals surface area contributed by atoms with Gasteiger partial charge >= 0.3 is 0 Å². The van der Waals surface area contributed by atoms with Crippen molar-refractivity contribution in [2.45, 2.75) is 37.7 Å². The average molecular weight is 328 g/mol. The summed E-state index contributed by atoms with van der Waals surface area (Å²) < 4.78 is 0. The van der Waals surface area contributed by atoms with Gasteiger partial charge in [-0.15, -0.1) is 0 Å². The minimum absolute atomic E-state index is 0.0397. The third kappa shape index (κ3) is 4.51. The van der Waals surface area contributed by atoms with Gasteiger partial charge in [-0.05, 0) is 18.6 Å². The molecule has 1 N–H and O–H groups in total. The molecule has 1 aliphatic heterocycles. The van der Waals surface area contributed by atoms with E-state index in [9.17, 15) is 4.79 Å². The number of pyridine rings is 1. The zero-order chi connectivity index (χ0) is 15.4. The standard InChI is InChI=1S/C15H22ClN3OS/c1-4-5-17-14-7-12(6-13(16)18-14)15(20)19-8-10(2)21-11(3)9-19/h6-7,10-11H,4-5,8-9H2,1-3H3,(H,17,18). The molecular weight excluding hydrogens is 306 g/mol. The van der Waals surface area contributed by atoms with Crippen LogP contribution in [-0.4, -0.2) is 45.9 Å². The highest BCUT2D eigenvalue weighted by Gasteiger charge is 2.27. The number of aromatic nitrogens is 1. The van der Waals surface area contributed by atoms with Crippen molar-refractivity contribution in [1.82, 2.24) is 9.88 Å². The SMILES string of the molecule is CCCNc1cc(C(=O)N2CC(C)SC(C)C2)cc(Cl)n1. The van der Waals surface area contributed by atoms with Crippen LogP contribution in [0.2, 0.25) is 5.15 Å². The van der Waals surface area contributed by atoms with E-state index in [0.29, 0.717) is 27.0 Å². The van der Waals surface area contributed by atoms with Crippen LogP contribution in [0.15, 0.2) is 12.1 Å². The largest absolute Gasteiger partial charge is 0.370 e. The van der Waals surface area contributed by atoms with Crippen LogP contribution in [0.3, 0.4) is 0 Å². The maximum absolute atomic E-state index is 12.7. The van der Waals surface area contributed by atoms with E-state index < -0.39 is 0 Å². The molecule has 2 unspecified atom stereocenters. The minimum Gasteiger partial charge on any atom is -0.370 e. The zero-order valence-corrected chi connectivity index (χ0v) is 14.3. The summed E-state index contributed by atoms with van der Waals surface area (Å²) in [5, 5.41) is 4.47. The molecule has 116 valence electrons. The average Bonchev–Trinajstić information content (AvgIpc) is 2.42. The molecule has 1 amide bonds. The van der Waals surface area contributed by atoms with E-state index in [1.807, 2.05) is 16.7 Å². The molecule has 1 aromatic heterocycles. The van der Waals surface area contributed by atoms with Gasteiger partial charge in [-0.25, -0.2) is 4.98 Å². The van der Waals surface area contributed by atoms with E-state index in [4.69, 9.17) is 11.6 Å². The third-order valence-electron chi connectivity index (χ3n) is 3.30. The summed E-state index contributed by atoms with van der Waals surface area (Å²) in [6.07, 6.45) is 0.996. The van der Waals surface area contributed by atoms with E-state index >= 15 is 0 Å². The lowest BCUT2D eigenvalue weighted by molar-refractivity contribution is 0.0753. The van der Waals surface area contributed by atoms with Crippen molar-refractivity contribution in [2.75, 3.05) is 25.0 Å². The van der Waals surface area contributed by atoms with Crippen molar-refractivity contribution in [3.63, 3.8) is 0 Å². The molecule has 2 heterocycles. The van der Waals surface area contributed by atoms with Gasteiger partial charge in [-0.1, -0.05) is 32.4 Å². The first-order valence-corrected chi connectivity index (χ1v) is 8.68. The fourth-order valence-electron chi connectivity index (χ4n) is 2.49. The fourth-order valence-corrected chi connectivity index (χ4v) is 4.02. The monoisotopic (exact) mass is 327 g/mol. The summed E-state index contributed by atoms with van der Waals surface area (Å²) >= 11 is 7.97. The lowest BCUT2D eigenvalue weighted by Crippen LogP contribution is -2.44. The highest BCUT2D eigenvalue weighted by Crippen LogP contribution is 2.26. The van der Waals surface area contributed by atoms with Crippen LogP contribution in [0.25, 0.3) is 0 Å². The Morgan fingerprint density at radius 1 is 1.43 bits per heavy atom. The van der Waals surface area contributed by atoms with Crippen LogP contribution in [0.4, 0.5) is 5.82 Å². The highest BCUT2D eigenvalue weighted by atomic mass is 35.5. The Morgan fingerprint density at radius 2 is 2.10 bits per heavy atom. The number of carbonyl (C=O) groups excluding carboxylic acids is 1. The number of hydrogen-bond donors (Lipinski definition) is 1. The second kappa shape index (κ2) is 7.36. The number of nitrogens with zero attached hydrogens (tertiary/aromatic N) is 2. The number of anilines is 1. The second-order valence-corrected chi connectivity index (χ2v) is 7.73. The summed E-state index contributed by atoms with van der Waals surface area (Å²) in [7, 11) is 0. The first-order valence-electron chi connectivity index (χ1n) is 7.35. The number of rotatable bonds is 4. The second-order valence-electron chi connectivity index (χ2n) is 5.46. The van der Waals surface area contributed by atoms with Crippen molar-refractivity contribution in [3.8, 4) is 0 Å². The quantitative estimate of drug-likeness (QED) is 0.859. The third-order valence-corrected chi connectivity index (χ3v) is 4.72. The normalized spacial score (nSPS) is 22.2. The Bertz CT molecular complexity index is 502. The van der Waals surface area contributed by atoms with Gasteiger partial charge in [0.25, 0.3) is 5.91 Å². The van der Waals surface area contributed by atoms with Gasteiger partial charge in [-0.2, -0.15) is 11.8 Å². The summed E-state index contributed by atoms with van der Waals surface area (Å²) in [4.78, 5) is 18.8. The Kier molecular flexibility index (Phi) is 5.76. The molecule has 2 rings (SSSR count). The summed E-state index contributed by atoms with van der Waals surface area (Å²) in [6.45, 7) is 8.78. The van der Waals surface area contributed by atoms with Gasteiger partial charge in [0.15, 0.2) is 0 Å². The van der Waals surface area contributed by atoms with Crippen molar-refractivity contribution in [3.05, 3.63) is 22.8 Å². The Labute approximate surface area is 135 Å². The highest BCUT2D eigenvalue weighted by molar-refractivity contribution is 8.00. The maximum atomic E-state index is 12.7. The number of thioether (sulfide) groups is 1. The van der Waals surface area contributed by atoms with Crippen LogP contribution in [-0.2, 0) is 0 Å². The maximum Gasteiger partial charge on any atom is 0.254 e. The fraction of sp³-hybridized carbons (Fsp3) is 0.600. The molecule has 21 heavy (non-hydrogen) atoms. The molecule has 1 aromatic rings. The van der Waals surface area contributed by atoms with Crippen molar-refractivity contribution in [1.29, 1.82) is 0 Å². The van der Waals surface area contributed by atoms with Gasteiger partial charge < -0.3 is 10.2 Å². The van der Waals surface area contributed by atoms with E-state index in [2.05, 4.69) is 31.1 Å². The molecule has 1 fully saturated rings. The van der Waals surface area contributed by atoms with Crippen LogP contribution in [0, 0.1) is 0 Å². The summed E-state index contributed by atoms with van der Waals surface area (Å²) in [6, 6.07) is 3.44. The summed E-state index contributed by atoms with van der Waals surface area (Å²) in [5.41, 5.74) is 0.611. The molecule has 4 nitrogen and oxygen atoms in total. The lowest BCUT2D eigenvalue weighted by Gasteiger charge is -2.34. The van der Waals surface area contributed by atoms with E-state index in [-0.39, 0.29) is 5.91 Å². The zero-order valence-electron chi connectivity index (χ0n) is 12.7. The van der Waals surface area contributed by atoms with Crippen LogP contribution < -0.4 is 5.32 Å². The molecule has 0 saturated carbocycles. The Balaban J connectivity index is 2.16. The van der Waals surface area contributed by atoms with Gasteiger partial charge in [0, 0.05) is 35.7 Å². The number of hydrogen-bond acceptors (Lipinski definition) is 4. The van der Waals surface area contributed by atoms with Crippen molar-refractivity contribution < 1.29 is 4.79 Å². The van der Waals surface area contributed by atoms with Gasteiger partial charge in [-0.3, -0.25) is 4.79 Å². The molecule has 0 aromatic carbocycles. The smallest absolute Gasteiger partial charge is 0.254 e. The van der Waals surface area contributed by atoms with Gasteiger partial charge in [0.2, 0.25) is 0 Å².